The number of hydrogen-bond acceptors (Lipinski definition) is 4. The highest BCUT2D eigenvalue weighted by Gasteiger charge is 2.48. The van der Waals surface area contributed by atoms with Gasteiger partial charge in [0, 0.05) is 17.2 Å². The third-order valence-corrected chi connectivity index (χ3v) is 5.09. The third-order valence-electron chi connectivity index (χ3n) is 4.63. The molecule has 1 N–H and O–H groups in total. The minimum Gasteiger partial charge on any atom is -0.444 e. The van der Waals surface area contributed by atoms with Gasteiger partial charge < -0.3 is 9.30 Å². The number of carbonyl (C=O) groups excluding carboxylic acids is 1. The Hall–Kier alpha value is -1.89. The van der Waals surface area contributed by atoms with E-state index < -0.39 is 11.7 Å². The fraction of sp³-hybridized carbons (Fsp3) is 0.526. The molecule has 3 rings (SSSR count). The molecule has 1 fully saturated rings. The first-order valence-electron chi connectivity index (χ1n) is 8.75. The third kappa shape index (κ3) is 3.77. The summed E-state index contributed by atoms with van der Waals surface area (Å²) in [5.41, 5.74) is 1.10. The molecular weight excluding hydrogens is 396 g/mol. The summed E-state index contributed by atoms with van der Waals surface area (Å²) in [7, 11) is 1.97. The number of carbonyl (C=O) groups is 1. The first-order valence-corrected chi connectivity index (χ1v) is 9.54. The Morgan fingerprint density at radius 3 is 2.58 bits per heavy atom. The summed E-state index contributed by atoms with van der Waals surface area (Å²) in [6.07, 6.45) is 3.28. The molecular formula is C19H25BrN4O2. The molecule has 1 aliphatic carbocycles. The van der Waals surface area contributed by atoms with Crippen molar-refractivity contribution < 1.29 is 9.53 Å². The number of rotatable bonds is 3. The molecule has 0 aliphatic heterocycles. The maximum Gasteiger partial charge on any atom is 0.412 e. The van der Waals surface area contributed by atoms with Crippen molar-refractivity contribution in [2.24, 2.45) is 13.0 Å². The first-order chi connectivity index (χ1) is 12.1. The SMILES string of the molecule is CC1CC(c2cc(Br)cc(NC(=O)OC(C)(C)C)c2)(c2nncn2C)C1. The molecule has 1 aliphatic rings. The van der Waals surface area contributed by atoms with Gasteiger partial charge in [0.25, 0.3) is 0 Å². The normalized spacial score (nSPS) is 22.6. The molecule has 1 aromatic carbocycles. The molecule has 1 saturated carbocycles. The number of amides is 1. The zero-order valence-electron chi connectivity index (χ0n) is 15.8. The van der Waals surface area contributed by atoms with Crippen LogP contribution in [0.3, 0.4) is 0 Å². The standard InChI is InChI=1S/C19H25BrN4O2/c1-12-9-19(10-12,16-23-21-11-24(16)5)13-6-14(20)8-15(7-13)22-17(25)26-18(2,3)4/h6-8,11-12H,9-10H2,1-5H3,(H,22,25). The monoisotopic (exact) mass is 420 g/mol. The van der Waals surface area contributed by atoms with E-state index >= 15 is 0 Å². The summed E-state index contributed by atoms with van der Waals surface area (Å²) in [6, 6.07) is 5.98. The van der Waals surface area contributed by atoms with E-state index in [1.165, 1.54) is 0 Å². The van der Waals surface area contributed by atoms with Crippen LogP contribution in [0.25, 0.3) is 0 Å². The highest BCUT2D eigenvalue weighted by molar-refractivity contribution is 9.10. The van der Waals surface area contributed by atoms with Gasteiger partial charge in [0.1, 0.15) is 17.8 Å². The number of anilines is 1. The number of ether oxygens (including phenoxy) is 1. The molecule has 0 atom stereocenters. The molecule has 1 aromatic heterocycles. The lowest BCUT2D eigenvalue weighted by Gasteiger charge is -2.46. The first kappa shape index (κ1) is 18.9. The van der Waals surface area contributed by atoms with E-state index in [2.05, 4.69) is 44.4 Å². The van der Waals surface area contributed by atoms with Crippen molar-refractivity contribution in [2.45, 2.75) is 51.6 Å². The Kier molecular flexibility index (Phi) is 4.86. The molecule has 0 unspecified atom stereocenters. The number of aromatic nitrogens is 3. The lowest BCUT2D eigenvalue weighted by molar-refractivity contribution is 0.0636. The summed E-state index contributed by atoms with van der Waals surface area (Å²) in [4.78, 5) is 12.1. The van der Waals surface area contributed by atoms with Crippen LogP contribution in [0.15, 0.2) is 29.0 Å². The molecule has 6 nitrogen and oxygen atoms in total. The predicted molar refractivity (Wildman–Crippen MR) is 104 cm³/mol. The van der Waals surface area contributed by atoms with Gasteiger partial charge in [-0.1, -0.05) is 22.9 Å². The number of halogens is 1. The number of aryl methyl sites for hydroxylation is 1. The van der Waals surface area contributed by atoms with E-state index in [0.29, 0.717) is 11.6 Å². The quantitative estimate of drug-likeness (QED) is 0.784. The summed E-state index contributed by atoms with van der Waals surface area (Å²) >= 11 is 3.57. The maximum absolute atomic E-state index is 12.1. The van der Waals surface area contributed by atoms with Gasteiger partial charge in [0.2, 0.25) is 0 Å². The second kappa shape index (κ2) is 6.68. The minimum atomic E-state index is -0.540. The summed E-state index contributed by atoms with van der Waals surface area (Å²) < 4.78 is 8.25. The molecule has 1 amide bonds. The molecule has 0 bridgehead atoms. The number of nitrogens with zero attached hydrogens (tertiary/aromatic N) is 3. The van der Waals surface area contributed by atoms with E-state index in [9.17, 15) is 4.79 Å². The molecule has 0 spiro atoms. The van der Waals surface area contributed by atoms with E-state index in [1.807, 2.05) is 44.5 Å². The van der Waals surface area contributed by atoms with Crippen LogP contribution in [0.1, 0.15) is 51.9 Å². The van der Waals surface area contributed by atoms with Crippen molar-refractivity contribution in [2.75, 3.05) is 5.32 Å². The number of hydrogen-bond donors (Lipinski definition) is 1. The molecule has 0 saturated heterocycles. The summed E-state index contributed by atoms with van der Waals surface area (Å²) in [5, 5.41) is 11.3. The van der Waals surface area contributed by atoms with Crippen molar-refractivity contribution in [3.8, 4) is 0 Å². The Bertz CT molecular complexity index is 819. The van der Waals surface area contributed by atoms with Crippen molar-refractivity contribution in [1.82, 2.24) is 14.8 Å². The van der Waals surface area contributed by atoms with Crippen LogP contribution in [0, 0.1) is 5.92 Å². The van der Waals surface area contributed by atoms with Crippen LogP contribution >= 0.6 is 15.9 Å². The van der Waals surface area contributed by atoms with Gasteiger partial charge in [-0.15, -0.1) is 10.2 Å². The van der Waals surface area contributed by atoms with E-state index in [0.717, 1.165) is 28.7 Å². The van der Waals surface area contributed by atoms with Crippen LogP contribution in [0.4, 0.5) is 10.5 Å². The zero-order valence-corrected chi connectivity index (χ0v) is 17.4. The van der Waals surface area contributed by atoms with Gasteiger partial charge >= 0.3 is 6.09 Å². The minimum absolute atomic E-state index is 0.182. The van der Waals surface area contributed by atoms with Crippen LogP contribution in [-0.2, 0) is 17.2 Å². The van der Waals surface area contributed by atoms with Crippen molar-refractivity contribution in [3.05, 3.63) is 40.4 Å². The Labute approximate surface area is 162 Å². The van der Waals surface area contributed by atoms with Gasteiger partial charge in [-0.2, -0.15) is 0 Å². The topological polar surface area (TPSA) is 69.0 Å². The Morgan fingerprint density at radius 1 is 1.35 bits per heavy atom. The fourth-order valence-electron chi connectivity index (χ4n) is 3.75. The highest BCUT2D eigenvalue weighted by Crippen LogP contribution is 2.52. The van der Waals surface area contributed by atoms with Crippen LogP contribution < -0.4 is 5.32 Å². The van der Waals surface area contributed by atoms with Crippen molar-refractivity contribution in [3.63, 3.8) is 0 Å². The van der Waals surface area contributed by atoms with Crippen molar-refractivity contribution >= 4 is 27.7 Å². The lowest BCUT2D eigenvalue weighted by atomic mass is 9.58. The number of nitrogens with one attached hydrogen (secondary N) is 1. The van der Waals surface area contributed by atoms with E-state index in [1.54, 1.807) is 6.33 Å². The van der Waals surface area contributed by atoms with Gasteiger partial charge in [-0.3, -0.25) is 5.32 Å². The molecule has 1 heterocycles. The Morgan fingerprint density at radius 2 is 2.04 bits per heavy atom. The summed E-state index contributed by atoms with van der Waals surface area (Å²) in [5.74, 6) is 1.57. The van der Waals surface area contributed by atoms with E-state index in [-0.39, 0.29) is 5.41 Å². The molecule has 2 aromatic rings. The van der Waals surface area contributed by atoms with Gasteiger partial charge in [-0.25, -0.2) is 4.79 Å². The highest BCUT2D eigenvalue weighted by atomic mass is 79.9. The average Bonchev–Trinajstić information content (AvgIpc) is 2.87. The van der Waals surface area contributed by atoms with Crippen molar-refractivity contribution in [1.29, 1.82) is 0 Å². The van der Waals surface area contributed by atoms with Gasteiger partial charge in [0.05, 0.1) is 5.41 Å². The average molecular weight is 421 g/mol. The molecule has 7 heteroatoms. The molecule has 140 valence electrons. The van der Waals surface area contributed by atoms with Crippen LogP contribution in [-0.4, -0.2) is 26.5 Å². The summed E-state index contributed by atoms with van der Waals surface area (Å²) in [6.45, 7) is 7.78. The fourth-order valence-corrected chi connectivity index (χ4v) is 4.25. The number of benzene rings is 1. The predicted octanol–water partition coefficient (Wildman–Crippen LogP) is 4.64. The smallest absolute Gasteiger partial charge is 0.412 e. The molecule has 26 heavy (non-hydrogen) atoms. The van der Waals surface area contributed by atoms with Crippen LogP contribution in [0.2, 0.25) is 0 Å². The zero-order chi connectivity index (χ0) is 19.1. The largest absolute Gasteiger partial charge is 0.444 e. The van der Waals surface area contributed by atoms with Gasteiger partial charge in [-0.05, 0) is 63.3 Å². The van der Waals surface area contributed by atoms with E-state index in [4.69, 9.17) is 4.74 Å². The maximum atomic E-state index is 12.1. The van der Waals surface area contributed by atoms with Gasteiger partial charge in [0.15, 0.2) is 0 Å². The lowest BCUT2D eigenvalue weighted by Crippen LogP contribution is -2.43. The molecule has 0 radical (unpaired) electrons. The second-order valence-electron chi connectivity index (χ2n) is 8.22. The Balaban J connectivity index is 1.94. The van der Waals surface area contributed by atoms with Crippen LogP contribution in [0.5, 0.6) is 0 Å². The second-order valence-corrected chi connectivity index (χ2v) is 9.13.